The Balaban J connectivity index is 1.43. The SMILES string of the molecule is C[N@+]1(CCc2cncnc2)CCCC1COC(=O)C(O)(c1ccccc1)C1CCCC1. The van der Waals surface area contributed by atoms with Crippen molar-refractivity contribution >= 4 is 5.97 Å². The van der Waals surface area contributed by atoms with E-state index in [1.165, 1.54) is 0 Å². The van der Waals surface area contributed by atoms with Crippen molar-refractivity contribution in [2.75, 3.05) is 26.7 Å². The molecule has 166 valence electrons. The zero-order chi connectivity index (χ0) is 21.7. The second-order valence-corrected chi connectivity index (χ2v) is 9.43. The third-order valence-corrected chi connectivity index (χ3v) is 7.49. The lowest BCUT2D eigenvalue weighted by Gasteiger charge is -2.37. The fourth-order valence-electron chi connectivity index (χ4n) is 5.42. The number of rotatable bonds is 8. The summed E-state index contributed by atoms with van der Waals surface area (Å²) in [5.74, 6) is -0.564. The lowest BCUT2D eigenvalue weighted by Crippen LogP contribution is -2.52. The van der Waals surface area contributed by atoms with Gasteiger partial charge in [0, 0.05) is 37.6 Å². The van der Waals surface area contributed by atoms with Crippen LogP contribution >= 0.6 is 0 Å². The number of likely N-dealkylation sites (N-methyl/N-ethyl adjacent to an activating group) is 1. The summed E-state index contributed by atoms with van der Waals surface area (Å²) < 4.78 is 6.75. The molecule has 3 atom stereocenters. The maximum absolute atomic E-state index is 13.3. The first-order valence-corrected chi connectivity index (χ1v) is 11.6. The molecule has 0 spiro atoms. The summed E-state index contributed by atoms with van der Waals surface area (Å²) in [7, 11) is 2.25. The minimum absolute atomic E-state index is 0.0788. The monoisotopic (exact) mass is 424 g/mol. The van der Waals surface area contributed by atoms with E-state index in [4.69, 9.17) is 4.74 Å². The Bertz CT molecular complexity index is 857. The van der Waals surface area contributed by atoms with Crippen molar-refractivity contribution in [3.63, 3.8) is 0 Å². The van der Waals surface area contributed by atoms with Crippen LogP contribution in [0.3, 0.4) is 0 Å². The summed E-state index contributed by atoms with van der Waals surface area (Å²) in [6.07, 6.45) is 12.2. The first-order valence-electron chi connectivity index (χ1n) is 11.6. The van der Waals surface area contributed by atoms with Gasteiger partial charge < -0.3 is 14.3 Å². The zero-order valence-corrected chi connectivity index (χ0v) is 18.4. The molecular formula is C25H34N3O3+. The summed E-state index contributed by atoms with van der Waals surface area (Å²) in [5.41, 5.74) is 0.227. The summed E-state index contributed by atoms with van der Waals surface area (Å²) in [5, 5.41) is 11.6. The molecule has 0 amide bonds. The van der Waals surface area contributed by atoms with Gasteiger partial charge in [0.1, 0.15) is 19.0 Å². The number of nitrogens with zero attached hydrogens (tertiary/aromatic N) is 3. The number of benzene rings is 1. The lowest BCUT2D eigenvalue weighted by atomic mass is 9.80. The Morgan fingerprint density at radius 1 is 1.13 bits per heavy atom. The molecule has 0 bridgehead atoms. The number of likely N-dealkylation sites (tertiary alicyclic amines) is 1. The van der Waals surface area contributed by atoms with E-state index in [1.54, 1.807) is 6.33 Å². The molecule has 6 nitrogen and oxygen atoms in total. The summed E-state index contributed by atoms with van der Waals surface area (Å²) in [6, 6.07) is 9.59. The van der Waals surface area contributed by atoms with E-state index >= 15 is 0 Å². The minimum atomic E-state index is -1.55. The predicted molar refractivity (Wildman–Crippen MR) is 118 cm³/mol. The highest BCUT2D eigenvalue weighted by Gasteiger charge is 2.48. The molecule has 2 aliphatic rings. The molecule has 1 aromatic heterocycles. The van der Waals surface area contributed by atoms with Gasteiger partial charge in [0.15, 0.2) is 5.60 Å². The van der Waals surface area contributed by atoms with Crippen LogP contribution in [0.5, 0.6) is 0 Å². The van der Waals surface area contributed by atoms with Crippen LogP contribution in [0.4, 0.5) is 0 Å². The van der Waals surface area contributed by atoms with Crippen molar-refractivity contribution in [3.05, 3.63) is 60.2 Å². The van der Waals surface area contributed by atoms with Gasteiger partial charge in [0.25, 0.3) is 0 Å². The number of carbonyl (C=O) groups excluding carboxylic acids is 1. The molecule has 6 heteroatoms. The third kappa shape index (κ3) is 4.65. The lowest BCUT2D eigenvalue weighted by molar-refractivity contribution is -0.921. The maximum atomic E-state index is 13.3. The van der Waals surface area contributed by atoms with E-state index in [1.807, 2.05) is 42.7 Å². The largest absolute Gasteiger partial charge is 0.457 e. The first-order chi connectivity index (χ1) is 15.0. The normalized spacial score (nSPS) is 25.9. The molecule has 2 heterocycles. The van der Waals surface area contributed by atoms with Crippen LogP contribution in [0.2, 0.25) is 0 Å². The fraction of sp³-hybridized carbons (Fsp3) is 0.560. The standard InChI is InChI=1S/C25H34N3O3/c1-28(15-13-20-16-26-19-27-17-20)14-7-12-23(28)18-31-24(29)25(30,22-10-5-6-11-22)21-8-3-2-4-9-21/h2-4,8-9,16-17,19,22-23,30H,5-7,10-15,18H2,1H3/q+1/t23?,25?,28-/m1/s1. The highest BCUT2D eigenvalue weighted by molar-refractivity contribution is 5.81. The number of ether oxygens (including phenoxy) is 1. The molecule has 1 aliphatic heterocycles. The van der Waals surface area contributed by atoms with Crippen LogP contribution in [0.1, 0.15) is 49.7 Å². The van der Waals surface area contributed by atoms with E-state index in [0.29, 0.717) is 12.2 Å². The number of aromatic nitrogens is 2. The van der Waals surface area contributed by atoms with Gasteiger partial charge in [-0.2, -0.15) is 0 Å². The quantitative estimate of drug-likeness (QED) is 0.520. The van der Waals surface area contributed by atoms with E-state index in [0.717, 1.165) is 68.1 Å². The van der Waals surface area contributed by atoms with Gasteiger partial charge in [-0.15, -0.1) is 0 Å². The maximum Gasteiger partial charge on any atom is 0.343 e. The molecule has 1 N–H and O–H groups in total. The van der Waals surface area contributed by atoms with Crippen molar-refractivity contribution in [3.8, 4) is 0 Å². The van der Waals surface area contributed by atoms with Crippen molar-refractivity contribution in [1.82, 2.24) is 9.97 Å². The molecule has 2 fully saturated rings. The molecule has 0 radical (unpaired) electrons. The van der Waals surface area contributed by atoms with Crippen LogP contribution in [-0.4, -0.2) is 58.3 Å². The number of quaternary nitrogens is 1. The van der Waals surface area contributed by atoms with Crippen molar-refractivity contribution in [1.29, 1.82) is 0 Å². The topological polar surface area (TPSA) is 72.3 Å². The summed E-state index contributed by atoms with van der Waals surface area (Å²) in [6.45, 7) is 2.38. The van der Waals surface area contributed by atoms with Crippen molar-refractivity contribution < 1.29 is 19.1 Å². The van der Waals surface area contributed by atoms with Crippen LogP contribution in [0.25, 0.3) is 0 Å². The molecule has 4 rings (SSSR count). The number of carbonyl (C=O) groups is 1. The Kier molecular flexibility index (Phi) is 6.68. The highest BCUT2D eigenvalue weighted by atomic mass is 16.6. The van der Waals surface area contributed by atoms with Gasteiger partial charge in [0.05, 0.1) is 20.1 Å². The number of aliphatic hydroxyl groups is 1. The van der Waals surface area contributed by atoms with Gasteiger partial charge in [0.2, 0.25) is 0 Å². The summed E-state index contributed by atoms with van der Waals surface area (Å²) >= 11 is 0. The minimum Gasteiger partial charge on any atom is -0.457 e. The van der Waals surface area contributed by atoms with Crippen molar-refractivity contribution in [2.24, 2.45) is 5.92 Å². The molecule has 31 heavy (non-hydrogen) atoms. The Morgan fingerprint density at radius 3 is 2.55 bits per heavy atom. The van der Waals surface area contributed by atoms with Gasteiger partial charge in [-0.25, -0.2) is 14.8 Å². The van der Waals surface area contributed by atoms with Crippen LogP contribution in [0, 0.1) is 5.92 Å². The average Bonchev–Trinajstić information content (AvgIpc) is 3.48. The molecule has 1 aromatic carbocycles. The first kappa shape index (κ1) is 21.9. The number of esters is 1. The van der Waals surface area contributed by atoms with E-state index in [-0.39, 0.29) is 12.0 Å². The highest BCUT2D eigenvalue weighted by Crippen LogP contribution is 2.41. The molecular weight excluding hydrogens is 390 g/mol. The third-order valence-electron chi connectivity index (χ3n) is 7.49. The Labute approximate surface area is 184 Å². The van der Waals surface area contributed by atoms with Crippen LogP contribution in [0.15, 0.2) is 49.1 Å². The van der Waals surface area contributed by atoms with Crippen molar-refractivity contribution in [2.45, 2.75) is 56.6 Å². The van der Waals surface area contributed by atoms with Gasteiger partial charge in [-0.05, 0) is 24.0 Å². The Morgan fingerprint density at radius 2 is 1.84 bits per heavy atom. The Hall–Kier alpha value is -2.31. The second-order valence-electron chi connectivity index (χ2n) is 9.43. The smallest absolute Gasteiger partial charge is 0.343 e. The van der Waals surface area contributed by atoms with E-state index < -0.39 is 11.6 Å². The number of hydrogen-bond donors (Lipinski definition) is 1. The van der Waals surface area contributed by atoms with Crippen LogP contribution < -0.4 is 0 Å². The molecule has 1 saturated carbocycles. The van der Waals surface area contributed by atoms with E-state index in [9.17, 15) is 9.90 Å². The zero-order valence-electron chi connectivity index (χ0n) is 18.4. The van der Waals surface area contributed by atoms with Gasteiger partial charge in [-0.3, -0.25) is 0 Å². The van der Waals surface area contributed by atoms with Gasteiger partial charge in [-0.1, -0.05) is 43.2 Å². The van der Waals surface area contributed by atoms with E-state index in [2.05, 4.69) is 17.0 Å². The second kappa shape index (κ2) is 9.45. The molecule has 2 unspecified atom stereocenters. The molecule has 1 aliphatic carbocycles. The predicted octanol–water partition coefficient (Wildman–Crippen LogP) is 3.25. The fourth-order valence-corrected chi connectivity index (χ4v) is 5.42. The molecule has 1 saturated heterocycles. The average molecular weight is 425 g/mol. The molecule has 2 aromatic rings. The number of hydrogen-bond acceptors (Lipinski definition) is 5. The summed E-state index contributed by atoms with van der Waals surface area (Å²) in [4.78, 5) is 21.5. The van der Waals surface area contributed by atoms with Gasteiger partial charge >= 0.3 is 5.97 Å². The van der Waals surface area contributed by atoms with Crippen LogP contribution in [-0.2, 0) is 21.6 Å².